The molecule has 37 heavy (non-hydrogen) atoms. The molecule has 6 N–H and O–H groups in total. The first-order valence-electron chi connectivity index (χ1n) is 11.1. The van der Waals surface area contributed by atoms with Gasteiger partial charge in [0.25, 0.3) is 17.7 Å². The highest BCUT2D eigenvalue weighted by Crippen LogP contribution is 2.40. The minimum atomic E-state index is -1.47. The van der Waals surface area contributed by atoms with Crippen LogP contribution in [0.4, 0.5) is 4.79 Å². The molecule has 2 aliphatic heterocycles. The first-order valence-corrected chi connectivity index (χ1v) is 12.1. The molecule has 15 nitrogen and oxygen atoms in total. The van der Waals surface area contributed by atoms with Gasteiger partial charge in [0, 0.05) is 11.3 Å². The van der Waals surface area contributed by atoms with Gasteiger partial charge in [-0.05, 0) is 37.8 Å². The Labute approximate surface area is 212 Å². The van der Waals surface area contributed by atoms with Crippen molar-refractivity contribution >= 4 is 47.3 Å². The molecule has 1 aliphatic carbocycles. The Morgan fingerprint density at radius 2 is 2.03 bits per heavy atom. The van der Waals surface area contributed by atoms with Crippen LogP contribution in [0.1, 0.15) is 31.4 Å². The van der Waals surface area contributed by atoms with Crippen LogP contribution >= 0.6 is 11.8 Å². The molecule has 4 rings (SSSR count). The zero-order valence-corrected chi connectivity index (χ0v) is 20.0. The number of carbonyl (C=O) groups excluding carboxylic acids is 4. The van der Waals surface area contributed by atoms with E-state index >= 15 is 0 Å². The van der Waals surface area contributed by atoms with E-state index in [-0.39, 0.29) is 41.3 Å². The zero-order valence-electron chi connectivity index (χ0n) is 19.2. The molecule has 3 heterocycles. The highest BCUT2D eigenvalue weighted by molar-refractivity contribution is 8.00. The molecule has 1 aromatic rings. The summed E-state index contributed by atoms with van der Waals surface area (Å²) in [6.07, 6.45) is 2.00. The summed E-state index contributed by atoms with van der Waals surface area (Å²) in [4.78, 5) is 67.5. The Kier molecular flexibility index (Phi) is 7.40. The topological polar surface area (TPSA) is 223 Å². The third kappa shape index (κ3) is 4.97. The van der Waals surface area contributed by atoms with Gasteiger partial charge < -0.3 is 30.1 Å². The number of amides is 4. The van der Waals surface area contributed by atoms with Gasteiger partial charge in [-0.15, -0.1) is 11.8 Å². The molecule has 16 heteroatoms. The smallest absolute Gasteiger partial charge is 0.404 e. The number of ether oxygens (including phenoxy) is 1. The number of primary amides is 1. The number of nitrogens with two attached hydrogens (primary N) is 1. The van der Waals surface area contributed by atoms with Gasteiger partial charge in [-0.1, -0.05) is 5.16 Å². The quantitative estimate of drug-likeness (QED) is 0.118. The Morgan fingerprint density at radius 3 is 2.62 bits per heavy atom. The fourth-order valence-corrected chi connectivity index (χ4v) is 5.64. The normalized spacial score (nSPS) is 22.6. The highest BCUT2D eigenvalue weighted by Gasteiger charge is 2.54. The SMILES string of the molecule is NC(=O)OCC1=C(C(=O)O)N2C(=O)[C@@H](NC(=O)C(=NOC3(C(=O)NO)CCCC3)c3ccco3)[C@H]2SC1. The van der Waals surface area contributed by atoms with Crippen molar-refractivity contribution in [1.82, 2.24) is 15.7 Å². The number of nitrogens with zero attached hydrogens (tertiary/aromatic N) is 2. The second kappa shape index (κ2) is 10.5. The monoisotopic (exact) mass is 537 g/mol. The Morgan fingerprint density at radius 1 is 1.30 bits per heavy atom. The molecule has 2 fully saturated rings. The summed E-state index contributed by atoms with van der Waals surface area (Å²) in [5.41, 5.74) is 4.51. The molecule has 1 saturated carbocycles. The van der Waals surface area contributed by atoms with Crippen LogP contribution in [0.25, 0.3) is 0 Å². The van der Waals surface area contributed by atoms with E-state index in [1.807, 2.05) is 0 Å². The summed E-state index contributed by atoms with van der Waals surface area (Å²) in [7, 11) is 0. The lowest BCUT2D eigenvalue weighted by molar-refractivity contribution is -0.155. The van der Waals surface area contributed by atoms with Crippen LogP contribution in [0.2, 0.25) is 0 Å². The third-order valence-electron chi connectivity index (χ3n) is 6.13. The maximum atomic E-state index is 13.2. The molecule has 0 bridgehead atoms. The Hall–Kier alpha value is -4.05. The molecule has 0 radical (unpaired) electrons. The lowest BCUT2D eigenvalue weighted by Crippen LogP contribution is -2.71. The van der Waals surface area contributed by atoms with Gasteiger partial charge in [0.2, 0.25) is 11.3 Å². The maximum absolute atomic E-state index is 13.2. The Balaban J connectivity index is 1.53. The van der Waals surface area contributed by atoms with E-state index in [1.54, 1.807) is 5.48 Å². The number of β-lactam (4-membered cyclic amide) rings is 1. The van der Waals surface area contributed by atoms with E-state index in [2.05, 4.69) is 15.2 Å². The molecule has 4 amide bonds. The number of hydrogen-bond acceptors (Lipinski definition) is 11. The first-order chi connectivity index (χ1) is 17.7. The molecular formula is C21H23N5O10S. The largest absolute Gasteiger partial charge is 0.477 e. The maximum Gasteiger partial charge on any atom is 0.404 e. The number of aliphatic carboxylic acids is 1. The van der Waals surface area contributed by atoms with Crippen molar-refractivity contribution in [3.8, 4) is 0 Å². The number of carboxylic acids is 1. The van der Waals surface area contributed by atoms with E-state index in [1.165, 1.54) is 18.4 Å². The van der Waals surface area contributed by atoms with E-state index in [9.17, 15) is 29.1 Å². The van der Waals surface area contributed by atoms with Gasteiger partial charge >= 0.3 is 12.1 Å². The minimum Gasteiger partial charge on any atom is -0.477 e. The highest BCUT2D eigenvalue weighted by atomic mass is 32.2. The summed E-state index contributed by atoms with van der Waals surface area (Å²) in [6.45, 7) is -0.396. The van der Waals surface area contributed by atoms with Crippen molar-refractivity contribution in [3.63, 3.8) is 0 Å². The number of carboxylic acid groups (broad SMARTS) is 1. The fraction of sp³-hybridized carbons (Fsp3) is 0.429. The molecule has 0 spiro atoms. The number of furan rings is 1. The van der Waals surface area contributed by atoms with Gasteiger partial charge in [0.1, 0.15) is 23.7 Å². The predicted molar refractivity (Wildman–Crippen MR) is 123 cm³/mol. The summed E-state index contributed by atoms with van der Waals surface area (Å²) in [6, 6.07) is 1.82. The van der Waals surface area contributed by atoms with Crippen LogP contribution in [-0.2, 0) is 28.8 Å². The number of hydroxylamine groups is 1. The average molecular weight is 538 g/mol. The Bertz CT molecular complexity index is 1170. The van der Waals surface area contributed by atoms with Gasteiger partial charge in [0.15, 0.2) is 5.76 Å². The van der Waals surface area contributed by atoms with Crippen LogP contribution in [0.3, 0.4) is 0 Å². The van der Waals surface area contributed by atoms with Crippen LogP contribution in [0.15, 0.2) is 39.2 Å². The number of rotatable bonds is 9. The van der Waals surface area contributed by atoms with Crippen LogP contribution < -0.4 is 16.5 Å². The second-order valence-electron chi connectivity index (χ2n) is 8.38. The van der Waals surface area contributed by atoms with Crippen molar-refractivity contribution in [3.05, 3.63) is 35.4 Å². The minimum absolute atomic E-state index is 0.00742. The standard InChI is InChI=1S/C21H23N5O10S/c22-20(32)35-8-10-9-37-17-13(16(28)26(17)14(10)18(29)30)23-15(27)12(11-4-3-7-34-11)25-36-21(19(31)24-33)5-1-2-6-21/h3-4,7,13,17,33H,1-2,5-6,8-9H2,(H2,22,32)(H,23,27)(H,24,31)(H,29,30)/t13-,17-/m1/s1. The van der Waals surface area contributed by atoms with E-state index in [0.717, 1.165) is 16.7 Å². The molecule has 1 saturated heterocycles. The van der Waals surface area contributed by atoms with E-state index in [0.29, 0.717) is 12.8 Å². The lowest BCUT2D eigenvalue weighted by atomic mass is 10.0. The number of oxime groups is 1. The summed E-state index contributed by atoms with van der Waals surface area (Å²) in [5, 5.41) is 24.4. The fourth-order valence-electron chi connectivity index (χ4n) is 4.31. The van der Waals surface area contributed by atoms with E-state index < -0.39 is 53.4 Å². The lowest BCUT2D eigenvalue weighted by Gasteiger charge is -2.49. The van der Waals surface area contributed by atoms with Crippen molar-refractivity contribution in [2.45, 2.75) is 42.7 Å². The number of fused-ring (bicyclic) bond motifs is 1. The summed E-state index contributed by atoms with van der Waals surface area (Å²) in [5.74, 6) is -3.67. The van der Waals surface area contributed by atoms with Gasteiger partial charge in [-0.3, -0.25) is 24.5 Å². The first kappa shape index (κ1) is 26.0. The van der Waals surface area contributed by atoms with Crippen LogP contribution in [-0.4, -0.2) is 80.1 Å². The molecule has 3 aliphatic rings. The number of hydrogen-bond donors (Lipinski definition) is 5. The van der Waals surface area contributed by atoms with Crippen molar-refractivity contribution < 1.29 is 48.3 Å². The number of thioether (sulfide) groups is 1. The van der Waals surface area contributed by atoms with Crippen molar-refractivity contribution in [2.24, 2.45) is 10.9 Å². The van der Waals surface area contributed by atoms with Crippen LogP contribution in [0, 0.1) is 0 Å². The third-order valence-corrected chi connectivity index (χ3v) is 7.47. The summed E-state index contributed by atoms with van der Waals surface area (Å²) >= 11 is 1.16. The molecular weight excluding hydrogens is 514 g/mol. The van der Waals surface area contributed by atoms with Gasteiger partial charge in [-0.25, -0.2) is 15.1 Å². The molecule has 0 aromatic carbocycles. The molecule has 198 valence electrons. The molecule has 1 aromatic heterocycles. The average Bonchev–Trinajstić information content (AvgIpc) is 3.58. The predicted octanol–water partition coefficient (Wildman–Crippen LogP) is -0.348. The second-order valence-corrected chi connectivity index (χ2v) is 9.48. The number of carbonyl (C=O) groups is 5. The molecule has 2 atom stereocenters. The number of nitrogens with one attached hydrogen (secondary N) is 2. The zero-order chi connectivity index (χ0) is 26.7. The summed E-state index contributed by atoms with van der Waals surface area (Å²) < 4.78 is 9.95. The van der Waals surface area contributed by atoms with Gasteiger partial charge in [0.05, 0.1) is 6.26 Å². The van der Waals surface area contributed by atoms with Crippen LogP contribution in [0.5, 0.6) is 0 Å². The van der Waals surface area contributed by atoms with E-state index in [4.69, 9.17) is 20.2 Å². The molecule has 0 unspecified atom stereocenters. The van der Waals surface area contributed by atoms with Crippen molar-refractivity contribution in [1.29, 1.82) is 0 Å². The van der Waals surface area contributed by atoms with Gasteiger partial charge in [-0.2, -0.15) is 0 Å². The van der Waals surface area contributed by atoms with Crippen molar-refractivity contribution in [2.75, 3.05) is 12.4 Å².